The molecule has 11 atom stereocenters. The number of nitrogens with two attached hydrogens (primary N) is 3. The first-order valence-corrected chi connectivity index (χ1v) is 32.4. The SMILES string of the molecule is CC1(C)[C@@H]2[C@H]3C(=O)C[C@H](C(=O)C(N)=O)CCCCCCCCC[C@H](N)C(=O)N3C[C@@H]21.CN(CC(CC(=O)C[C@H]1CCCCCCCCC[C@@H](C(=O)C(N)=O)CC(=O)[C@@H]2[C@@H]3[C@H](CN2C1=O)C3(C)C)C(C)(C)C)S(=O)(=O)c1cccs1.O=CO. The number of primary amides is 2. The molecule has 21 heteroatoms. The number of ketones is 5. The molecule has 4 amide bonds. The van der Waals surface area contributed by atoms with Crippen molar-refractivity contribution < 1.29 is 61.5 Å². The number of hydrogen-bond acceptors (Lipinski definition) is 14. The van der Waals surface area contributed by atoms with Gasteiger partial charge in [0.05, 0.1) is 18.1 Å². The topological polar surface area (TPSA) is 313 Å². The highest BCUT2D eigenvalue weighted by Crippen LogP contribution is 2.66. The van der Waals surface area contributed by atoms with Gasteiger partial charge in [0.1, 0.15) is 9.99 Å². The van der Waals surface area contributed by atoms with E-state index in [-0.39, 0.29) is 118 Å². The van der Waals surface area contributed by atoms with Gasteiger partial charge in [0, 0.05) is 70.1 Å². The van der Waals surface area contributed by atoms with Crippen LogP contribution >= 0.6 is 11.3 Å². The van der Waals surface area contributed by atoms with Gasteiger partial charge in [0.2, 0.25) is 23.4 Å². The molecular formula is C61H96N6O13S2. The van der Waals surface area contributed by atoms with Crippen LogP contribution in [0.3, 0.4) is 0 Å². The van der Waals surface area contributed by atoms with Gasteiger partial charge >= 0.3 is 0 Å². The largest absolute Gasteiger partial charge is 0.483 e. The van der Waals surface area contributed by atoms with E-state index < -0.39 is 69.3 Å². The molecule has 82 heavy (non-hydrogen) atoms. The Morgan fingerprint density at radius 3 is 1.51 bits per heavy atom. The van der Waals surface area contributed by atoms with Crippen LogP contribution in [0, 0.1) is 63.6 Å². The van der Waals surface area contributed by atoms with Crippen LogP contribution in [0.4, 0.5) is 0 Å². The van der Waals surface area contributed by atoms with E-state index in [1.54, 1.807) is 34.4 Å². The number of Topliss-reactive ketones (excluding diaryl/α,β-unsaturated/α-hetero) is 5. The number of carboxylic acid groups (broad SMARTS) is 1. The van der Waals surface area contributed by atoms with E-state index in [0.717, 1.165) is 101 Å². The van der Waals surface area contributed by atoms with Crippen molar-refractivity contribution in [1.29, 1.82) is 0 Å². The standard InChI is InChI=1S/C37H57N3O7S2.C23H37N3O4.CH2O2/c1-36(2,3)26(22-39(6)49(46,47)30-17-14-18-48-30)21-27(41)19-25-16-13-11-9-7-8-10-12-15-24(33(43)34(38)44)20-29(42)32-31-28(37(31,4)5)23-40(32)35(25)45;1-23(2)15-13-26-19(18(15)23)17(27)12-14(20(28)21(25)29)10-8-6-4-3-5-7-9-11-16(24)22(26)30;2-1-3/h14,17-18,24-26,28,31-32H,7-13,15-16,19-23H2,1-6H3,(H2,38,44);14-16,18-19H,3-13,24H2,1-2H3,(H2,25,29);1H,(H,2,3)/t24-,25-,26?,28+,31+,32-;14-,15+,16+,18+,19-;/m11./s1. The van der Waals surface area contributed by atoms with Crippen molar-refractivity contribution in [3.8, 4) is 0 Å². The van der Waals surface area contributed by atoms with Crippen molar-refractivity contribution in [2.45, 2.75) is 212 Å². The Labute approximate surface area is 490 Å². The second kappa shape index (κ2) is 29.4. The lowest BCUT2D eigenvalue weighted by Crippen LogP contribution is -2.52. The quantitative estimate of drug-likeness (QED) is 0.118. The number of piperidine rings is 2. The molecule has 0 aromatic carbocycles. The molecule has 0 bridgehead atoms. The highest BCUT2D eigenvalue weighted by molar-refractivity contribution is 7.91. The summed E-state index contributed by atoms with van der Waals surface area (Å²) < 4.78 is 28.0. The van der Waals surface area contributed by atoms with E-state index in [0.29, 0.717) is 38.8 Å². The molecule has 4 saturated heterocycles. The van der Waals surface area contributed by atoms with Crippen LogP contribution in [0.5, 0.6) is 0 Å². The van der Waals surface area contributed by atoms with Crippen LogP contribution in [0.25, 0.3) is 0 Å². The number of hydrogen-bond donors (Lipinski definition) is 4. The molecule has 1 unspecified atom stereocenters. The van der Waals surface area contributed by atoms with Gasteiger partial charge in [0.25, 0.3) is 28.3 Å². The predicted molar refractivity (Wildman–Crippen MR) is 312 cm³/mol. The first-order chi connectivity index (χ1) is 38.4. The fourth-order valence-corrected chi connectivity index (χ4v) is 16.4. The van der Waals surface area contributed by atoms with E-state index in [9.17, 15) is 51.6 Å². The van der Waals surface area contributed by atoms with Gasteiger partial charge in [-0.1, -0.05) is 144 Å². The van der Waals surface area contributed by atoms with Gasteiger partial charge < -0.3 is 32.1 Å². The minimum absolute atomic E-state index is 0.00519. The van der Waals surface area contributed by atoms with Crippen molar-refractivity contribution in [2.24, 2.45) is 80.8 Å². The molecule has 0 spiro atoms. The van der Waals surface area contributed by atoms with E-state index in [4.69, 9.17) is 27.1 Å². The van der Waals surface area contributed by atoms with Crippen molar-refractivity contribution >= 4 is 80.4 Å². The monoisotopic (exact) mass is 1180 g/mol. The summed E-state index contributed by atoms with van der Waals surface area (Å²) in [5.41, 5.74) is 16.4. The molecular weight excluding hydrogens is 1090 g/mol. The Morgan fingerprint density at radius 2 is 1.11 bits per heavy atom. The molecule has 2 aliphatic carbocycles. The van der Waals surface area contributed by atoms with Crippen molar-refractivity contribution in [1.82, 2.24) is 14.1 Å². The van der Waals surface area contributed by atoms with Crippen LogP contribution in [-0.2, 0) is 58.0 Å². The molecule has 6 fully saturated rings. The summed E-state index contributed by atoms with van der Waals surface area (Å²) in [6.45, 7) is 15.4. The normalized spacial score (nSPS) is 29.7. The fraction of sp³-hybridized carbons (Fsp3) is 0.770. The smallest absolute Gasteiger partial charge is 0.290 e. The summed E-state index contributed by atoms with van der Waals surface area (Å²) in [6.07, 6.45) is 15.5. The Morgan fingerprint density at radius 1 is 0.707 bits per heavy atom. The van der Waals surface area contributed by atoms with Gasteiger partial charge in [-0.15, -0.1) is 11.3 Å². The molecule has 4 aliphatic heterocycles. The molecule has 7 rings (SSSR count). The number of sulfonamides is 1. The summed E-state index contributed by atoms with van der Waals surface area (Å²) in [5, 5.41) is 8.61. The van der Waals surface area contributed by atoms with Crippen molar-refractivity contribution in [3.63, 3.8) is 0 Å². The van der Waals surface area contributed by atoms with Crippen LogP contribution in [0.1, 0.15) is 190 Å². The molecule has 6 aliphatic rings. The molecule has 1 aromatic rings. The average molecular weight is 1190 g/mol. The molecule has 19 nitrogen and oxygen atoms in total. The van der Waals surface area contributed by atoms with Crippen molar-refractivity contribution in [3.05, 3.63) is 17.5 Å². The predicted octanol–water partition coefficient (Wildman–Crippen LogP) is 7.29. The molecule has 7 N–H and O–H groups in total. The molecule has 0 radical (unpaired) electrons. The number of amides is 4. The van der Waals surface area contributed by atoms with E-state index in [1.807, 2.05) is 20.8 Å². The fourth-order valence-electron chi connectivity index (χ4n) is 14.0. The third-order valence-corrected chi connectivity index (χ3v) is 22.6. The lowest BCUT2D eigenvalue weighted by molar-refractivity contribution is -0.145. The Bertz CT molecular complexity index is 2560. The second-order valence-corrected chi connectivity index (χ2v) is 29.9. The van der Waals surface area contributed by atoms with Gasteiger partial charge in [-0.25, -0.2) is 8.42 Å². The number of fused-ring (bicyclic) bond motifs is 6. The summed E-state index contributed by atoms with van der Waals surface area (Å²) in [5.74, 6) is -5.99. The summed E-state index contributed by atoms with van der Waals surface area (Å²) >= 11 is 1.16. The van der Waals surface area contributed by atoms with Crippen molar-refractivity contribution in [2.75, 3.05) is 26.7 Å². The number of nitrogens with zero attached hydrogens (tertiary/aromatic N) is 3. The molecule has 2 saturated carbocycles. The molecule has 5 heterocycles. The third kappa shape index (κ3) is 17.0. The summed E-state index contributed by atoms with van der Waals surface area (Å²) in [6, 6.07) is 1.45. The summed E-state index contributed by atoms with van der Waals surface area (Å²) in [7, 11) is -2.15. The van der Waals surface area contributed by atoms with Gasteiger partial charge in [0.15, 0.2) is 11.6 Å². The maximum Gasteiger partial charge on any atom is 0.290 e. The van der Waals surface area contributed by atoms with E-state index >= 15 is 0 Å². The van der Waals surface area contributed by atoms with E-state index in [1.165, 1.54) is 4.31 Å². The minimum atomic E-state index is -3.69. The van der Waals surface area contributed by atoms with Crippen LogP contribution < -0.4 is 17.2 Å². The van der Waals surface area contributed by atoms with Gasteiger partial charge in [-0.3, -0.25) is 47.9 Å². The van der Waals surface area contributed by atoms with Crippen LogP contribution in [-0.4, -0.2) is 131 Å². The highest BCUT2D eigenvalue weighted by atomic mass is 32.2. The van der Waals surface area contributed by atoms with Gasteiger partial charge in [-0.2, -0.15) is 4.31 Å². The lowest BCUT2D eigenvalue weighted by Gasteiger charge is -2.35. The van der Waals surface area contributed by atoms with Crippen LogP contribution in [0.15, 0.2) is 21.7 Å². The molecule has 1 aromatic heterocycles. The average Bonchev–Trinajstić information content (AvgIpc) is 1.92. The number of carbonyl (C=O) groups is 10. The Kier molecular flexibility index (Phi) is 24.4. The maximum absolute atomic E-state index is 14.4. The Balaban J connectivity index is 0.000000318. The summed E-state index contributed by atoms with van der Waals surface area (Å²) in [4.78, 5) is 129. The lowest BCUT2D eigenvalue weighted by atomic mass is 9.76. The number of rotatable bonds is 12. The maximum atomic E-state index is 14.4. The number of thiophene rings is 1. The van der Waals surface area contributed by atoms with Gasteiger partial charge in [-0.05, 0) is 83.0 Å². The molecule has 460 valence electrons. The first-order valence-electron chi connectivity index (χ1n) is 30.1. The Hall–Kier alpha value is -4.73. The first kappa shape index (κ1) is 68.1. The second-order valence-electron chi connectivity index (χ2n) is 26.7. The number of carbonyl (C=O) groups excluding carboxylic acids is 9. The van der Waals surface area contributed by atoms with Crippen LogP contribution in [0.2, 0.25) is 0 Å². The zero-order valence-electron chi connectivity index (χ0n) is 50.1. The van der Waals surface area contributed by atoms with E-state index in [2.05, 4.69) is 27.7 Å². The third-order valence-electron chi connectivity index (χ3n) is 19.4. The highest BCUT2D eigenvalue weighted by Gasteiger charge is 2.70. The zero-order valence-corrected chi connectivity index (χ0v) is 51.7. The minimum Gasteiger partial charge on any atom is -0.483 e. The zero-order chi connectivity index (χ0) is 61.1.